The van der Waals surface area contributed by atoms with Gasteiger partial charge in [-0.1, -0.05) is 0 Å². The van der Waals surface area contributed by atoms with E-state index in [1.165, 1.54) is 0 Å². The molecule has 0 aromatic heterocycles. The van der Waals surface area contributed by atoms with Crippen LogP contribution in [0.15, 0.2) is 0 Å². The van der Waals surface area contributed by atoms with Gasteiger partial charge in [-0.2, -0.15) is 0 Å². The van der Waals surface area contributed by atoms with E-state index in [0.717, 1.165) is 25.9 Å². The van der Waals surface area contributed by atoms with E-state index in [-0.39, 0.29) is 24.9 Å². The van der Waals surface area contributed by atoms with Crippen LogP contribution in [0.2, 0.25) is 0 Å². The van der Waals surface area contributed by atoms with E-state index >= 15 is 0 Å². The van der Waals surface area contributed by atoms with Crippen molar-refractivity contribution in [2.45, 2.75) is 38.3 Å². The number of carbonyl (C=O) groups excluding carboxylic acids is 1. The molecule has 5 N–H and O–H groups in total. The molecule has 5 heteroatoms. The smallest absolute Gasteiger partial charge is 0.222 e. The van der Waals surface area contributed by atoms with Crippen molar-refractivity contribution in [1.82, 2.24) is 10.6 Å². The molecule has 1 aliphatic heterocycles. The van der Waals surface area contributed by atoms with Crippen molar-refractivity contribution in [3.63, 3.8) is 0 Å². The number of carbonyl (C=O) groups is 1. The van der Waals surface area contributed by atoms with Gasteiger partial charge in [0.15, 0.2) is 0 Å². The molecule has 0 spiro atoms. The quantitative estimate of drug-likeness (QED) is 0.497. The van der Waals surface area contributed by atoms with Crippen LogP contribution in [-0.4, -0.2) is 42.8 Å². The standard InChI is InChI=1S/C11H23N3O2/c1-8(9-2-4-13-5-3-9)14-11(16)6-10(15)7-12/h8-10,13,15H,2-7,12H2,1H3,(H,14,16)/t8-,10?/m1/s1. The minimum absolute atomic E-state index is 0.103. The Morgan fingerprint density at radius 3 is 2.75 bits per heavy atom. The van der Waals surface area contributed by atoms with Gasteiger partial charge in [-0.3, -0.25) is 4.79 Å². The zero-order valence-corrected chi connectivity index (χ0v) is 9.91. The second-order valence-corrected chi connectivity index (χ2v) is 4.54. The third-order valence-corrected chi connectivity index (χ3v) is 3.17. The zero-order chi connectivity index (χ0) is 12.0. The van der Waals surface area contributed by atoms with Crippen LogP contribution in [0.25, 0.3) is 0 Å². The Morgan fingerprint density at radius 2 is 2.19 bits per heavy atom. The second kappa shape index (κ2) is 6.83. The summed E-state index contributed by atoms with van der Waals surface area (Å²) in [7, 11) is 0. The molecule has 5 nitrogen and oxygen atoms in total. The average molecular weight is 229 g/mol. The lowest BCUT2D eigenvalue weighted by molar-refractivity contribution is -0.123. The fraction of sp³-hybridized carbons (Fsp3) is 0.909. The summed E-state index contributed by atoms with van der Waals surface area (Å²) in [5.41, 5.74) is 5.26. The van der Waals surface area contributed by atoms with Gasteiger partial charge in [0.2, 0.25) is 5.91 Å². The van der Waals surface area contributed by atoms with Gasteiger partial charge >= 0.3 is 0 Å². The van der Waals surface area contributed by atoms with Crippen molar-refractivity contribution < 1.29 is 9.90 Å². The van der Waals surface area contributed by atoms with Crippen molar-refractivity contribution in [1.29, 1.82) is 0 Å². The predicted octanol–water partition coefficient (Wildman–Crippen LogP) is -0.800. The average Bonchev–Trinajstić information content (AvgIpc) is 2.29. The van der Waals surface area contributed by atoms with Crippen molar-refractivity contribution in [3.05, 3.63) is 0 Å². The van der Waals surface area contributed by atoms with E-state index in [1.807, 2.05) is 6.92 Å². The number of hydrogen-bond acceptors (Lipinski definition) is 4. The summed E-state index contributed by atoms with van der Waals surface area (Å²) in [6.07, 6.45) is 1.58. The van der Waals surface area contributed by atoms with Crippen molar-refractivity contribution in [2.24, 2.45) is 11.7 Å². The summed E-state index contributed by atoms with van der Waals surface area (Å²) in [5, 5.41) is 15.5. The number of nitrogens with one attached hydrogen (secondary N) is 2. The van der Waals surface area contributed by atoms with Gasteiger partial charge in [-0.15, -0.1) is 0 Å². The van der Waals surface area contributed by atoms with Crippen LogP contribution in [-0.2, 0) is 4.79 Å². The molecular formula is C11H23N3O2. The molecule has 1 amide bonds. The first-order valence-corrected chi connectivity index (χ1v) is 6.01. The molecule has 1 unspecified atom stereocenters. The summed E-state index contributed by atoms with van der Waals surface area (Å²) < 4.78 is 0. The first-order valence-electron chi connectivity index (χ1n) is 6.01. The third-order valence-electron chi connectivity index (χ3n) is 3.17. The highest BCUT2D eigenvalue weighted by Gasteiger charge is 2.21. The van der Waals surface area contributed by atoms with E-state index in [2.05, 4.69) is 10.6 Å². The van der Waals surface area contributed by atoms with E-state index in [4.69, 9.17) is 5.73 Å². The van der Waals surface area contributed by atoms with Crippen molar-refractivity contribution in [3.8, 4) is 0 Å². The number of piperidine rings is 1. The fourth-order valence-corrected chi connectivity index (χ4v) is 2.07. The van der Waals surface area contributed by atoms with Crippen LogP contribution >= 0.6 is 0 Å². The normalized spacial score (nSPS) is 21.4. The van der Waals surface area contributed by atoms with Crippen LogP contribution < -0.4 is 16.4 Å². The fourth-order valence-electron chi connectivity index (χ4n) is 2.07. The maximum Gasteiger partial charge on any atom is 0.222 e. The molecule has 16 heavy (non-hydrogen) atoms. The van der Waals surface area contributed by atoms with Gasteiger partial charge in [0.1, 0.15) is 0 Å². The number of hydrogen-bond donors (Lipinski definition) is 4. The van der Waals surface area contributed by atoms with Crippen LogP contribution in [0.3, 0.4) is 0 Å². The largest absolute Gasteiger partial charge is 0.391 e. The molecule has 0 radical (unpaired) electrons. The Morgan fingerprint density at radius 1 is 1.56 bits per heavy atom. The molecule has 1 heterocycles. The van der Waals surface area contributed by atoms with E-state index in [1.54, 1.807) is 0 Å². The topological polar surface area (TPSA) is 87.4 Å². The molecule has 2 atom stereocenters. The number of amides is 1. The highest BCUT2D eigenvalue weighted by Crippen LogP contribution is 2.15. The van der Waals surface area contributed by atoms with Crippen LogP contribution in [0.5, 0.6) is 0 Å². The summed E-state index contributed by atoms with van der Waals surface area (Å²) in [5.74, 6) is 0.434. The Balaban J connectivity index is 2.26. The highest BCUT2D eigenvalue weighted by atomic mass is 16.3. The van der Waals surface area contributed by atoms with Crippen LogP contribution in [0.1, 0.15) is 26.2 Å². The van der Waals surface area contributed by atoms with Gasteiger partial charge in [0.05, 0.1) is 12.5 Å². The molecule has 94 valence electrons. The van der Waals surface area contributed by atoms with E-state index < -0.39 is 6.10 Å². The van der Waals surface area contributed by atoms with E-state index in [0.29, 0.717) is 5.92 Å². The Kier molecular flexibility index (Phi) is 5.73. The summed E-state index contributed by atoms with van der Waals surface area (Å²) >= 11 is 0. The van der Waals surface area contributed by atoms with Crippen molar-refractivity contribution >= 4 is 5.91 Å². The molecule has 0 bridgehead atoms. The summed E-state index contributed by atoms with van der Waals surface area (Å²) in [4.78, 5) is 11.5. The molecule has 0 saturated carbocycles. The maximum atomic E-state index is 11.5. The zero-order valence-electron chi connectivity index (χ0n) is 9.91. The molecule has 0 aromatic carbocycles. The highest BCUT2D eigenvalue weighted by molar-refractivity contribution is 5.76. The second-order valence-electron chi connectivity index (χ2n) is 4.54. The van der Waals surface area contributed by atoms with E-state index in [9.17, 15) is 9.90 Å². The summed E-state index contributed by atoms with van der Waals surface area (Å²) in [6, 6.07) is 0.180. The monoisotopic (exact) mass is 229 g/mol. The van der Waals surface area contributed by atoms with Crippen LogP contribution in [0.4, 0.5) is 0 Å². The molecule has 1 rings (SSSR count). The Bertz CT molecular complexity index is 217. The Labute approximate surface area is 96.8 Å². The Hall–Kier alpha value is -0.650. The molecule has 0 aliphatic carbocycles. The number of aliphatic hydroxyl groups excluding tert-OH is 1. The van der Waals surface area contributed by atoms with Gasteiger partial charge < -0.3 is 21.5 Å². The minimum Gasteiger partial charge on any atom is -0.391 e. The SMILES string of the molecule is C[C@@H](NC(=O)CC(O)CN)C1CCNCC1. The number of aliphatic hydroxyl groups is 1. The molecular weight excluding hydrogens is 206 g/mol. The van der Waals surface area contributed by atoms with Gasteiger partial charge in [0.25, 0.3) is 0 Å². The molecule has 1 fully saturated rings. The predicted molar refractivity (Wildman–Crippen MR) is 62.9 cm³/mol. The van der Waals surface area contributed by atoms with Gasteiger partial charge in [-0.25, -0.2) is 0 Å². The minimum atomic E-state index is -0.722. The lowest BCUT2D eigenvalue weighted by Crippen LogP contribution is -2.43. The maximum absolute atomic E-state index is 11.5. The first kappa shape index (κ1) is 13.4. The first-order chi connectivity index (χ1) is 7.63. The number of rotatable bonds is 5. The molecule has 1 aliphatic rings. The molecule has 1 saturated heterocycles. The lowest BCUT2D eigenvalue weighted by Gasteiger charge is -2.29. The van der Waals surface area contributed by atoms with Crippen LogP contribution in [0, 0.1) is 5.92 Å². The third kappa shape index (κ3) is 4.47. The summed E-state index contributed by atoms with van der Waals surface area (Å²) in [6.45, 7) is 4.21. The number of nitrogens with two attached hydrogens (primary N) is 1. The lowest BCUT2D eigenvalue weighted by atomic mass is 9.91. The molecule has 0 aromatic rings. The van der Waals surface area contributed by atoms with Gasteiger partial charge in [-0.05, 0) is 38.8 Å². The van der Waals surface area contributed by atoms with Crippen molar-refractivity contribution in [2.75, 3.05) is 19.6 Å². The van der Waals surface area contributed by atoms with Gasteiger partial charge in [0, 0.05) is 12.6 Å².